The molecule has 1 saturated heterocycles. The number of rotatable bonds is 1. The summed E-state index contributed by atoms with van der Waals surface area (Å²) < 4.78 is 0. The van der Waals surface area contributed by atoms with Crippen molar-refractivity contribution in [2.24, 2.45) is 0 Å². The molecule has 0 aromatic heterocycles. The van der Waals surface area contributed by atoms with E-state index in [2.05, 4.69) is 5.43 Å². The Labute approximate surface area is 75.9 Å². The van der Waals surface area contributed by atoms with Crippen LogP contribution in [-0.4, -0.2) is 23.2 Å². The zero-order valence-corrected chi connectivity index (χ0v) is 7.55. The van der Waals surface area contributed by atoms with Gasteiger partial charge in [0.2, 0.25) is 5.78 Å². The normalized spacial score (nSPS) is 22.3. The van der Waals surface area contributed by atoms with E-state index in [-0.39, 0.29) is 11.6 Å². The molecule has 0 spiro atoms. The molecule has 68 valence electrons. The minimum Gasteiger partial charge on any atom is -0.290 e. The van der Waals surface area contributed by atoms with E-state index >= 15 is 0 Å². The van der Waals surface area contributed by atoms with Crippen LogP contribution >= 0.6 is 0 Å². The molecule has 1 fully saturated rings. The molecule has 1 aliphatic carbocycles. The second-order valence-electron chi connectivity index (χ2n) is 3.24. The van der Waals surface area contributed by atoms with Gasteiger partial charge < -0.3 is 0 Å². The number of nitrogens with one attached hydrogen (secondary N) is 1. The smallest absolute Gasteiger partial charge is 0.206 e. The summed E-state index contributed by atoms with van der Waals surface area (Å²) in [5, 5.41) is 1.69. The fraction of sp³-hybridized carbons (Fsp3) is 0.333. The summed E-state index contributed by atoms with van der Waals surface area (Å²) in [5.74, 6) is -0.122. The fourth-order valence-electron chi connectivity index (χ4n) is 1.36. The van der Waals surface area contributed by atoms with Crippen LogP contribution in [0.4, 0.5) is 0 Å². The van der Waals surface area contributed by atoms with Gasteiger partial charge >= 0.3 is 0 Å². The van der Waals surface area contributed by atoms with E-state index in [9.17, 15) is 9.59 Å². The molecule has 1 heterocycles. The summed E-state index contributed by atoms with van der Waals surface area (Å²) in [6.07, 6.45) is 1.39. The van der Waals surface area contributed by atoms with Crippen molar-refractivity contribution in [3.05, 3.63) is 22.9 Å². The van der Waals surface area contributed by atoms with Gasteiger partial charge in [0.25, 0.3) is 0 Å². The molecule has 0 atom stereocenters. The van der Waals surface area contributed by atoms with Crippen molar-refractivity contribution in [1.82, 2.24) is 10.4 Å². The van der Waals surface area contributed by atoms with Gasteiger partial charge in [0.15, 0.2) is 5.78 Å². The van der Waals surface area contributed by atoms with Gasteiger partial charge in [-0.2, -0.15) is 0 Å². The number of hydrogen-bond donors (Lipinski definition) is 1. The summed E-state index contributed by atoms with van der Waals surface area (Å²) in [6.45, 7) is 3.99. The van der Waals surface area contributed by atoms with Crippen molar-refractivity contribution in [2.45, 2.75) is 13.8 Å². The topological polar surface area (TPSA) is 59.1 Å². The molecule has 1 aliphatic heterocycles. The van der Waals surface area contributed by atoms with E-state index in [0.717, 1.165) is 0 Å². The van der Waals surface area contributed by atoms with E-state index < -0.39 is 0 Å². The number of ketones is 2. The van der Waals surface area contributed by atoms with Crippen LogP contribution in [0, 0.1) is 0 Å². The van der Waals surface area contributed by atoms with Crippen molar-refractivity contribution in [2.75, 3.05) is 6.67 Å². The Hall–Kier alpha value is -1.42. The molecule has 0 radical (unpaired) electrons. The summed E-state index contributed by atoms with van der Waals surface area (Å²) in [6, 6.07) is 0. The van der Waals surface area contributed by atoms with Gasteiger partial charge in [0.1, 0.15) is 12.4 Å². The van der Waals surface area contributed by atoms with Gasteiger partial charge in [-0.05, 0) is 19.9 Å². The Morgan fingerprint density at radius 1 is 1.38 bits per heavy atom. The van der Waals surface area contributed by atoms with Crippen molar-refractivity contribution in [1.29, 1.82) is 0 Å². The lowest BCUT2D eigenvalue weighted by molar-refractivity contribution is -0.116. The molecule has 0 bridgehead atoms. The molecular weight excluding hydrogens is 168 g/mol. The Morgan fingerprint density at radius 2 is 2.00 bits per heavy atom. The Balaban J connectivity index is 2.45. The molecule has 0 amide bonds. The maximum Gasteiger partial charge on any atom is 0.206 e. The van der Waals surface area contributed by atoms with E-state index in [1.807, 2.05) is 0 Å². The van der Waals surface area contributed by atoms with Crippen LogP contribution in [0.1, 0.15) is 13.8 Å². The number of nitrogens with zero attached hydrogens (tertiary/aromatic N) is 1. The molecule has 0 aromatic rings. The third-order valence-electron chi connectivity index (χ3n) is 2.23. The molecule has 0 saturated carbocycles. The van der Waals surface area contributed by atoms with Crippen molar-refractivity contribution in [3.8, 4) is 0 Å². The zero-order valence-electron chi connectivity index (χ0n) is 7.55. The molecular formula is C9H10N2O2. The quantitative estimate of drug-likeness (QED) is 0.458. The summed E-state index contributed by atoms with van der Waals surface area (Å²) in [5.41, 5.74) is 4.43. The van der Waals surface area contributed by atoms with E-state index in [0.29, 0.717) is 23.5 Å². The number of hydrazine groups is 1. The minimum absolute atomic E-state index is 0.0536. The van der Waals surface area contributed by atoms with Gasteiger partial charge in [-0.1, -0.05) is 0 Å². The molecule has 4 heteroatoms. The molecule has 2 rings (SSSR count). The molecule has 1 N–H and O–H groups in total. The lowest BCUT2D eigenvalue weighted by atomic mass is 9.96. The van der Waals surface area contributed by atoms with Crippen LogP contribution in [0.2, 0.25) is 0 Å². The second-order valence-corrected chi connectivity index (χ2v) is 3.24. The highest BCUT2D eigenvalue weighted by Crippen LogP contribution is 2.23. The Morgan fingerprint density at radius 3 is 2.54 bits per heavy atom. The molecule has 2 aliphatic rings. The van der Waals surface area contributed by atoms with Crippen molar-refractivity contribution in [3.63, 3.8) is 0 Å². The van der Waals surface area contributed by atoms with Crippen molar-refractivity contribution < 1.29 is 9.59 Å². The second kappa shape index (κ2) is 2.53. The van der Waals surface area contributed by atoms with Crippen LogP contribution in [0.15, 0.2) is 22.9 Å². The number of hydrogen-bond acceptors (Lipinski definition) is 4. The molecule has 0 unspecified atom stereocenters. The van der Waals surface area contributed by atoms with Gasteiger partial charge in [-0.3, -0.25) is 14.6 Å². The number of allylic oxidation sites excluding steroid dienone is 3. The van der Waals surface area contributed by atoms with Gasteiger partial charge in [-0.25, -0.2) is 5.43 Å². The zero-order chi connectivity index (χ0) is 9.59. The maximum atomic E-state index is 11.6. The Bertz CT molecular complexity index is 362. The Kier molecular flexibility index (Phi) is 1.60. The van der Waals surface area contributed by atoms with Crippen LogP contribution in [0.25, 0.3) is 0 Å². The maximum absolute atomic E-state index is 11.6. The van der Waals surface area contributed by atoms with Crippen LogP contribution in [0.3, 0.4) is 0 Å². The third-order valence-corrected chi connectivity index (χ3v) is 2.23. The summed E-state index contributed by atoms with van der Waals surface area (Å²) in [4.78, 5) is 23.0. The fourth-order valence-corrected chi connectivity index (χ4v) is 1.36. The molecule has 0 aromatic carbocycles. The average Bonchev–Trinajstić information content (AvgIpc) is 2.85. The molecule has 13 heavy (non-hydrogen) atoms. The van der Waals surface area contributed by atoms with Crippen LogP contribution < -0.4 is 5.43 Å². The number of Topliss-reactive ketones (excluding diaryl/α,β-unsaturated/α-hetero) is 1. The third kappa shape index (κ3) is 1.19. The van der Waals surface area contributed by atoms with E-state index in [4.69, 9.17) is 0 Å². The largest absolute Gasteiger partial charge is 0.290 e. The predicted molar refractivity (Wildman–Crippen MR) is 46.3 cm³/mol. The standard InChI is InChI=1S/C9H10N2O2/c1-5-3-7(12)6(2)8(9(5)13)11-4-10-11/h3,10H,4H2,1-2H3. The highest BCUT2D eigenvalue weighted by Gasteiger charge is 2.32. The van der Waals surface area contributed by atoms with Gasteiger partial charge in [0, 0.05) is 11.1 Å². The highest BCUT2D eigenvalue weighted by atomic mass is 16.1. The number of carbonyl (C=O) groups excluding carboxylic acids is 2. The van der Waals surface area contributed by atoms with Crippen LogP contribution in [-0.2, 0) is 9.59 Å². The first-order chi connectivity index (χ1) is 6.11. The lowest BCUT2D eigenvalue weighted by Gasteiger charge is -2.14. The van der Waals surface area contributed by atoms with E-state index in [1.54, 1.807) is 18.9 Å². The predicted octanol–water partition coefficient (Wildman–Crippen LogP) is 0.136. The SMILES string of the molecule is CC1=CC(=O)C(C)=C(N2CN2)C1=O. The van der Waals surface area contributed by atoms with Gasteiger partial charge in [0.05, 0.1) is 0 Å². The molecule has 4 nitrogen and oxygen atoms in total. The summed E-state index contributed by atoms with van der Waals surface area (Å²) in [7, 11) is 0. The number of carbonyl (C=O) groups is 2. The lowest BCUT2D eigenvalue weighted by Crippen LogP contribution is -2.22. The first-order valence-corrected chi connectivity index (χ1v) is 4.10. The average molecular weight is 178 g/mol. The first-order valence-electron chi connectivity index (χ1n) is 4.10. The van der Waals surface area contributed by atoms with Crippen LogP contribution in [0.5, 0.6) is 0 Å². The highest BCUT2D eigenvalue weighted by molar-refractivity contribution is 6.22. The first kappa shape index (κ1) is 8.19. The van der Waals surface area contributed by atoms with Crippen molar-refractivity contribution >= 4 is 11.6 Å². The minimum atomic E-state index is -0.0687. The van der Waals surface area contributed by atoms with E-state index in [1.165, 1.54) is 6.08 Å². The van der Waals surface area contributed by atoms with Gasteiger partial charge in [-0.15, -0.1) is 0 Å². The monoisotopic (exact) mass is 178 g/mol. The summed E-state index contributed by atoms with van der Waals surface area (Å²) >= 11 is 0.